The van der Waals surface area contributed by atoms with Crippen LogP contribution in [0.5, 0.6) is 5.75 Å². The van der Waals surface area contributed by atoms with Crippen molar-refractivity contribution >= 4 is 39.7 Å². The molecule has 26 heavy (non-hydrogen) atoms. The standard InChI is InChI=1S/C19H17N3O3S/c1-12(16-11-13-5-3-4-6-17(13)25-18(16)23)21-22-19(26)20-14-7-9-15(24-2)10-8-14/h3-11H,1-2H3,(H2,20,22,26)/b21-12-. The molecule has 3 rings (SSSR count). The maximum atomic E-state index is 12.1. The van der Waals surface area contributed by atoms with Crippen LogP contribution in [0.4, 0.5) is 5.69 Å². The highest BCUT2D eigenvalue weighted by Gasteiger charge is 2.08. The molecule has 0 saturated heterocycles. The van der Waals surface area contributed by atoms with Crippen molar-refractivity contribution < 1.29 is 9.15 Å². The molecular formula is C19H17N3O3S. The maximum Gasteiger partial charge on any atom is 0.345 e. The second-order valence-corrected chi connectivity index (χ2v) is 5.89. The summed E-state index contributed by atoms with van der Waals surface area (Å²) < 4.78 is 10.4. The Balaban J connectivity index is 1.72. The lowest BCUT2D eigenvalue weighted by molar-refractivity contribution is 0.415. The zero-order chi connectivity index (χ0) is 18.5. The van der Waals surface area contributed by atoms with Crippen molar-refractivity contribution in [1.82, 2.24) is 5.43 Å². The van der Waals surface area contributed by atoms with Crippen molar-refractivity contribution in [3.63, 3.8) is 0 Å². The zero-order valence-electron chi connectivity index (χ0n) is 14.3. The van der Waals surface area contributed by atoms with Gasteiger partial charge in [-0.3, -0.25) is 5.43 Å². The topological polar surface area (TPSA) is 75.9 Å². The average molecular weight is 367 g/mol. The Labute approximate surface area is 155 Å². The van der Waals surface area contributed by atoms with Crippen LogP contribution in [0.2, 0.25) is 0 Å². The summed E-state index contributed by atoms with van der Waals surface area (Å²) in [6.45, 7) is 1.71. The van der Waals surface area contributed by atoms with Gasteiger partial charge in [0.2, 0.25) is 0 Å². The molecule has 7 heteroatoms. The number of nitrogens with one attached hydrogen (secondary N) is 2. The number of hydrazone groups is 1. The minimum atomic E-state index is -0.444. The van der Waals surface area contributed by atoms with Crippen LogP contribution >= 0.6 is 12.2 Å². The van der Waals surface area contributed by atoms with Gasteiger partial charge in [-0.25, -0.2) is 4.79 Å². The van der Waals surface area contributed by atoms with Gasteiger partial charge >= 0.3 is 5.63 Å². The number of anilines is 1. The van der Waals surface area contributed by atoms with E-state index in [1.54, 1.807) is 26.2 Å². The molecule has 0 radical (unpaired) electrons. The summed E-state index contributed by atoms with van der Waals surface area (Å²) in [6, 6.07) is 16.4. The van der Waals surface area contributed by atoms with Crippen LogP contribution in [-0.2, 0) is 0 Å². The lowest BCUT2D eigenvalue weighted by Gasteiger charge is -2.08. The van der Waals surface area contributed by atoms with E-state index >= 15 is 0 Å². The Morgan fingerprint density at radius 1 is 1.15 bits per heavy atom. The number of thiocarbonyl (C=S) groups is 1. The molecule has 2 N–H and O–H groups in total. The summed E-state index contributed by atoms with van der Waals surface area (Å²) in [5.74, 6) is 0.756. The summed E-state index contributed by atoms with van der Waals surface area (Å²) in [7, 11) is 1.61. The fraction of sp³-hybridized carbons (Fsp3) is 0.105. The molecule has 0 fully saturated rings. The fourth-order valence-electron chi connectivity index (χ4n) is 2.34. The fourth-order valence-corrected chi connectivity index (χ4v) is 2.51. The normalized spacial score (nSPS) is 11.2. The molecule has 1 aromatic heterocycles. The predicted molar refractivity (Wildman–Crippen MR) is 107 cm³/mol. The van der Waals surface area contributed by atoms with E-state index in [0.717, 1.165) is 16.8 Å². The number of ether oxygens (including phenoxy) is 1. The number of hydrogen-bond donors (Lipinski definition) is 2. The molecule has 3 aromatic rings. The summed E-state index contributed by atoms with van der Waals surface area (Å²) in [5, 5.41) is 8.31. The first-order chi connectivity index (χ1) is 12.6. The zero-order valence-corrected chi connectivity index (χ0v) is 15.1. The highest BCUT2D eigenvalue weighted by atomic mass is 32.1. The monoisotopic (exact) mass is 367 g/mol. The molecule has 2 aromatic carbocycles. The van der Waals surface area contributed by atoms with E-state index in [-0.39, 0.29) is 0 Å². The van der Waals surface area contributed by atoms with Gasteiger partial charge in [0.05, 0.1) is 18.4 Å². The SMILES string of the molecule is COc1ccc(NC(=S)N/N=C(/C)c2cc3ccccc3oc2=O)cc1. The first kappa shape index (κ1) is 17.6. The van der Waals surface area contributed by atoms with Crippen LogP contribution in [0.3, 0.4) is 0 Å². The largest absolute Gasteiger partial charge is 0.497 e. The molecule has 0 aliphatic heterocycles. The molecule has 0 amide bonds. The summed E-state index contributed by atoms with van der Waals surface area (Å²) >= 11 is 5.21. The number of methoxy groups -OCH3 is 1. The Hall–Kier alpha value is -3.19. The Bertz CT molecular complexity index is 1030. The van der Waals surface area contributed by atoms with Crippen molar-refractivity contribution in [2.75, 3.05) is 12.4 Å². The molecular weight excluding hydrogens is 350 g/mol. The van der Waals surface area contributed by atoms with Gasteiger partial charge in [-0.05, 0) is 55.5 Å². The minimum Gasteiger partial charge on any atom is -0.497 e. The van der Waals surface area contributed by atoms with Crippen LogP contribution in [0.1, 0.15) is 12.5 Å². The summed E-state index contributed by atoms with van der Waals surface area (Å²) in [4.78, 5) is 12.1. The van der Waals surface area contributed by atoms with Crippen molar-refractivity contribution in [2.45, 2.75) is 6.92 Å². The van der Waals surface area contributed by atoms with E-state index < -0.39 is 5.63 Å². The lowest BCUT2D eigenvalue weighted by Crippen LogP contribution is -2.25. The third-order valence-electron chi connectivity index (χ3n) is 3.70. The predicted octanol–water partition coefficient (Wildman–Crippen LogP) is 3.51. The van der Waals surface area contributed by atoms with Crippen LogP contribution in [0.15, 0.2) is 68.9 Å². The van der Waals surface area contributed by atoms with Gasteiger partial charge in [0, 0.05) is 11.1 Å². The summed E-state index contributed by atoms with van der Waals surface area (Å²) in [5.41, 5.74) is 4.47. The van der Waals surface area contributed by atoms with Gasteiger partial charge in [0.1, 0.15) is 11.3 Å². The second kappa shape index (κ2) is 7.79. The third kappa shape index (κ3) is 4.07. The van der Waals surface area contributed by atoms with Crippen molar-refractivity contribution in [2.24, 2.45) is 5.10 Å². The number of para-hydroxylation sites is 1. The van der Waals surface area contributed by atoms with E-state index in [9.17, 15) is 4.79 Å². The average Bonchev–Trinajstić information content (AvgIpc) is 2.66. The van der Waals surface area contributed by atoms with Crippen molar-refractivity contribution in [1.29, 1.82) is 0 Å². The molecule has 0 aliphatic carbocycles. The molecule has 0 atom stereocenters. The van der Waals surface area contributed by atoms with Gasteiger partial charge in [-0.1, -0.05) is 18.2 Å². The van der Waals surface area contributed by atoms with Gasteiger partial charge in [0.25, 0.3) is 0 Å². The molecule has 132 valence electrons. The third-order valence-corrected chi connectivity index (χ3v) is 3.90. The Morgan fingerprint density at radius 2 is 1.88 bits per heavy atom. The minimum absolute atomic E-state index is 0.305. The molecule has 0 unspecified atom stereocenters. The van der Waals surface area contributed by atoms with Gasteiger partial charge < -0.3 is 14.5 Å². The van der Waals surface area contributed by atoms with E-state index in [1.165, 1.54) is 0 Å². The molecule has 0 bridgehead atoms. The molecule has 1 heterocycles. The molecule has 6 nitrogen and oxygen atoms in total. The van der Waals surface area contributed by atoms with E-state index in [4.69, 9.17) is 21.4 Å². The number of hydrogen-bond acceptors (Lipinski definition) is 5. The van der Waals surface area contributed by atoms with Crippen LogP contribution < -0.4 is 21.1 Å². The highest BCUT2D eigenvalue weighted by molar-refractivity contribution is 7.80. The first-order valence-corrected chi connectivity index (χ1v) is 8.26. The quantitative estimate of drug-likeness (QED) is 0.318. The number of rotatable bonds is 4. The summed E-state index contributed by atoms with van der Waals surface area (Å²) in [6.07, 6.45) is 0. The number of fused-ring (bicyclic) bond motifs is 1. The van der Waals surface area contributed by atoms with Gasteiger partial charge in [-0.2, -0.15) is 5.10 Å². The molecule has 0 saturated carbocycles. The van der Waals surface area contributed by atoms with E-state index in [2.05, 4.69) is 15.8 Å². The van der Waals surface area contributed by atoms with E-state index in [0.29, 0.717) is 22.0 Å². The molecule has 0 spiro atoms. The smallest absolute Gasteiger partial charge is 0.345 e. The van der Waals surface area contributed by atoms with Crippen molar-refractivity contribution in [3.8, 4) is 5.75 Å². The Kier molecular flexibility index (Phi) is 5.28. The van der Waals surface area contributed by atoms with Crippen LogP contribution in [0, 0.1) is 0 Å². The maximum absolute atomic E-state index is 12.1. The second-order valence-electron chi connectivity index (χ2n) is 5.48. The van der Waals surface area contributed by atoms with Crippen LogP contribution in [0.25, 0.3) is 11.0 Å². The first-order valence-electron chi connectivity index (χ1n) is 7.85. The van der Waals surface area contributed by atoms with Crippen molar-refractivity contribution in [3.05, 3.63) is 70.6 Å². The van der Waals surface area contributed by atoms with Gasteiger partial charge in [-0.15, -0.1) is 0 Å². The van der Waals surface area contributed by atoms with Gasteiger partial charge in [0.15, 0.2) is 5.11 Å². The molecule has 0 aliphatic rings. The lowest BCUT2D eigenvalue weighted by atomic mass is 10.1. The van der Waals surface area contributed by atoms with Crippen LogP contribution in [-0.4, -0.2) is 17.9 Å². The number of benzene rings is 2. The number of nitrogens with zero attached hydrogens (tertiary/aromatic N) is 1. The van der Waals surface area contributed by atoms with E-state index in [1.807, 2.05) is 42.5 Å². The highest BCUT2D eigenvalue weighted by Crippen LogP contribution is 2.15. The Morgan fingerprint density at radius 3 is 2.62 bits per heavy atom.